The van der Waals surface area contributed by atoms with Crippen LogP contribution in [-0.2, 0) is 0 Å². The number of halogens is 2. The summed E-state index contributed by atoms with van der Waals surface area (Å²) in [7, 11) is 0. The molecule has 0 aliphatic heterocycles. The Kier molecular flexibility index (Phi) is 4.04. The van der Waals surface area contributed by atoms with Crippen molar-refractivity contribution in [1.82, 2.24) is 0 Å². The van der Waals surface area contributed by atoms with E-state index in [2.05, 4.69) is 64.6 Å². The fourth-order valence-corrected chi connectivity index (χ4v) is 3.43. The van der Waals surface area contributed by atoms with Crippen LogP contribution in [0, 0.1) is 6.92 Å². The number of aryl methyl sites for hydroxylation is 1. The van der Waals surface area contributed by atoms with Crippen molar-refractivity contribution in [3.8, 4) is 0 Å². The molecule has 0 bridgehead atoms. The summed E-state index contributed by atoms with van der Waals surface area (Å²) in [6.45, 7) is 2.06. The SMILES string of the molecule is Cc1ccc(NC2CC(c3cccc(Br)c3)C2)c(Cl)c1. The summed E-state index contributed by atoms with van der Waals surface area (Å²) in [5.41, 5.74) is 3.67. The highest BCUT2D eigenvalue weighted by Gasteiger charge is 2.30. The van der Waals surface area contributed by atoms with Crippen LogP contribution in [0.15, 0.2) is 46.9 Å². The van der Waals surface area contributed by atoms with Crippen molar-refractivity contribution in [2.75, 3.05) is 5.32 Å². The molecule has 0 heterocycles. The first-order chi connectivity index (χ1) is 9.61. The van der Waals surface area contributed by atoms with Gasteiger partial charge in [-0.1, -0.05) is 45.7 Å². The molecule has 1 fully saturated rings. The summed E-state index contributed by atoms with van der Waals surface area (Å²) in [6, 6.07) is 15.3. The molecule has 104 valence electrons. The molecule has 1 aliphatic carbocycles. The van der Waals surface area contributed by atoms with Crippen LogP contribution in [0.3, 0.4) is 0 Å². The first kappa shape index (κ1) is 14.0. The highest BCUT2D eigenvalue weighted by Crippen LogP contribution is 2.40. The van der Waals surface area contributed by atoms with Gasteiger partial charge in [-0.05, 0) is 61.1 Å². The van der Waals surface area contributed by atoms with E-state index in [1.165, 1.54) is 24.0 Å². The van der Waals surface area contributed by atoms with E-state index >= 15 is 0 Å². The van der Waals surface area contributed by atoms with E-state index in [-0.39, 0.29) is 0 Å². The van der Waals surface area contributed by atoms with Crippen molar-refractivity contribution in [3.63, 3.8) is 0 Å². The molecule has 0 spiro atoms. The van der Waals surface area contributed by atoms with E-state index in [9.17, 15) is 0 Å². The van der Waals surface area contributed by atoms with Gasteiger partial charge in [0.25, 0.3) is 0 Å². The second kappa shape index (κ2) is 5.79. The molecular formula is C17H17BrClN. The maximum absolute atomic E-state index is 6.26. The summed E-state index contributed by atoms with van der Waals surface area (Å²) in [5.74, 6) is 0.661. The van der Waals surface area contributed by atoms with Gasteiger partial charge in [-0.3, -0.25) is 0 Å². The molecule has 0 atom stereocenters. The Labute approximate surface area is 133 Å². The minimum absolute atomic E-state index is 0.527. The fourth-order valence-electron chi connectivity index (χ4n) is 2.73. The molecule has 0 saturated heterocycles. The monoisotopic (exact) mass is 349 g/mol. The van der Waals surface area contributed by atoms with Crippen molar-refractivity contribution in [2.45, 2.75) is 31.7 Å². The van der Waals surface area contributed by atoms with E-state index in [1.54, 1.807) is 0 Å². The topological polar surface area (TPSA) is 12.0 Å². The zero-order chi connectivity index (χ0) is 14.1. The van der Waals surface area contributed by atoms with Crippen molar-refractivity contribution in [3.05, 3.63) is 63.1 Å². The highest BCUT2D eigenvalue weighted by atomic mass is 79.9. The Bertz CT molecular complexity index is 620. The summed E-state index contributed by atoms with van der Waals surface area (Å²) in [5, 5.41) is 4.36. The average molecular weight is 351 g/mol. The van der Waals surface area contributed by atoms with Crippen LogP contribution in [0.1, 0.15) is 29.9 Å². The lowest BCUT2D eigenvalue weighted by Crippen LogP contribution is -2.34. The van der Waals surface area contributed by atoms with Crippen LogP contribution in [0.25, 0.3) is 0 Å². The van der Waals surface area contributed by atoms with Gasteiger partial charge >= 0.3 is 0 Å². The van der Waals surface area contributed by atoms with Crippen molar-refractivity contribution >= 4 is 33.2 Å². The molecule has 2 aromatic carbocycles. The number of hydrogen-bond acceptors (Lipinski definition) is 1. The quantitative estimate of drug-likeness (QED) is 0.741. The molecule has 0 radical (unpaired) electrons. The smallest absolute Gasteiger partial charge is 0.0640 e. The fraction of sp³-hybridized carbons (Fsp3) is 0.294. The summed E-state index contributed by atoms with van der Waals surface area (Å²) in [6.07, 6.45) is 2.33. The first-order valence-electron chi connectivity index (χ1n) is 6.90. The molecule has 2 aromatic rings. The standard InChI is InChI=1S/C17H17BrClN/c1-11-5-6-17(16(19)7-11)20-15-9-13(10-15)12-3-2-4-14(18)8-12/h2-8,13,15,20H,9-10H2,1H3. The van der Waals surface area contributed by atoms with E-state index in [0.29, 0.717) is 12.0 Å². The van der Waals surface area contributed by atoms with Gasteiger partial charge < -0.3 is 5.32 Å². The van der Waals surface area contributed by atoms with E-state index in [1.807, 2.05) is 6.07 Å². The molecule has 1 N–H and O–H groups in total. The molecule has 0 unspecified atom stereocenters. The lowest BCUT2D eigenvalue weighted by Gasteiger charge is -2.37. The third-order valence-electron chi connectivity index (χ3n) is 3.94. The minimum Gasteiger partial charge on any atom is -0.381 e. The van der Waals surface area contributed by atoms with Crippen LogP contribution in [0.4, 0.5) is 5.69 Å². The Morgan fingerprint density at radius 3 is 2.65 bits per heavy atom. The van der Waals surface area contributed by atoms with Crippen LogP contribution >= 0.6 is 27.5 Å². The first-order valence-corrected chi connectivity index (χ1v) is 8.07. The summed E-state index contributed by atoms with van der Waals surface area (Å²) in [4.78, 5) is 0. The van der Waals surface area contributed by atoms with Gasteiger partial charge in [-0.25, -0.2) is 0 Å². The average Bonchev–Trinajstić information content (AvgIpc) is 2.35. The van der Waals surface area contributed by atoms with Gasteiger partial charge in [0, 0.05) is 10.5 Å². The Morgan fingerprint density at radius 1 is 1.15 bits per heavy atom. The molecule has 0 aromatic heterocycles. The second-order valence-corrected chi connectivity index (χ2v) is 6.87. The van der Waals surface area contributed by atoms with Gasteiger partial charge in [-0.15, -0.1) is 0 Å². The van der Waals surface area contributed by atoms with Crippen LogP contribution in [-0.4, -0.2) is 6.04 Å². The van der Waals surface area contributed by atoms with Gasteiger partial charge in [0.15, 0.2) is 0 Å². The Hall–Kier alpha value is -0.990. The van der Waals surface area contributed by atoms with Crippen LogP contribution in [0.2, 0.25) is 5.02 Å². The molecule has 1 saturated carbocycles. The molecular weight excluding hydrogens is 334 g/mol. The number of hydrogen-bond donors (Lipinski definition) is 1. The van der Waals surface area contributed by atoms with Gasteiger partial charge in [0.05, 0.1) is 10.7 Å². The lowest BCUT2D eigenvalue weighted by atomic mass is 9.76. The molecule has 3 heteroatoms. The number of rotatable bonds is 3. The van der Waals surface area contributed by atoms with Gasteiger partial charge in [0.1, 0.15) is 0 Å². The zero-order valence-electron chi connectivity index (χ0n) is 11.4. The molecule has 0 amide bonds. The van der Waals surface area contributed by atoms with Crippen LogP contribution in [0.5, 0.6) is 0 Å². The van der Waals surface area contributed by atoms with E-state index in [0.717, 1.165) is 15.2 Å². The lowest BCUT2D eigenvalue weighted by molar-refractivity contribution is 0.374. The molecule has 3 rings (SSSR count). The van der Waals surface area contributed by atoms with E-state index in [4.69, 9.17) is 11.6 Å². The maximum Gasteiger partial charge on any atom is 0.0640 e. The Balaban J connectivity index is 1.61. The van der Waals surface area contributed by atoms with E-state index < -0.39 is 0 Å². The largest absolute Gasteiger partial charge is 0.381 e. The third-order valence-corrected chi connectivity index (χ3v) is 4.75. The summed E-state index contributed by atoms with van der Waals surface area (Å²) < 4.78 is 1.16. The van der Waals surface area contributed by atoms with Gasteiger partial charge in [-0.2, -0.15) is 0 Å². The second-order valence-electron chi connectivity index (χ2n) is 5.55. The number of nitrogens with one attached hydrogen (secondary N) is 1. The van der Waals surface area contributed by atoms with Gasteiger partial charge in [0.2, 0.25) is 0 Å². The minimum atomic E-state index is 0.527. The van der Waals surface area contributed by atoms with Crippen molar-refractivity contribution in [1.29, 1.82) is 0 Å². The highest BCUT2D eigenvalue weighted by molar-refractivity contribution is 9.10. The third kappa shape index (κ3) is 3.02. The predicted octanol–water partition coefficient (Wildman–Crippen LogP) is 5.77. The zero-order valence-corrected chi connectivity index (χ0v) is 13.7. The molecule has 1 aliphatic rings. The summed E-state index contributed by atoms with van der Waals surface area (Å²) >= 11 is 9.80. The number of benzene rings is 2. The molecule has 1 nitrogen and oxygen atoms in total. The predicted molar refractivity (Wildman–Crippen MR) is 89.7 cm³/mol. The normalized spacial score (nSPS) is 21.4. The van der Waals surface area contributed by atoms with Crippen molar-refractivity contribution in [2.24, 2.45) is 0 Å². The molecule has 20 heavy (non-hydrogen) atoms. The Morgan fingerprint density at radius 2 is 1.95 bits per heavy atom. The van der Waals surface area contributed by atoms with Crippen molar-refractivity contribution < 1.29 is 0 Å². The van der Waals surface area contributed by atoms with Crippen LogP contribution < -0.4 is 5.32 Å². The number of anilines is 1. The maximum atomic E-state index is 6.26.